The van der Waals surface area contributed by atoms with Crippen molar-refractivity contribution in [2.24, 2.45) is 0 Å². The third-order valence-corrected chi connectivity index (χ3v) is 5.11. The van der Waals surface area contributed by atoms with Crippen molar-refractivity contribution in [1.29, 1.82) is 0 Å². The highest BCUT2D eigenvalue weighted by Gasteiger charge is 2.39. The molecule has 0 heterocycles. The van der Waals surface area contributed by atoms with Crippen LogP contribution >= 0.6 is 0 Å². The first kappa shape index (κ1) is 21.4. The lowest BCUT2D eigenvalue weighted by Gasteiger charge is -2.30. The van der Waals surface area contributed by atoms with E-state index >= 15 is 0 Å². The van der Waals surface area contributed by atoms with E-state index in [0.717, 1.165) is 16.9 Å². The highest BCUT2D eigenvalue weighted by molar-refractivity contribution is 5.80. The molecule has 0 saturated heterocycles. The van der Waals surface area contributed by atoms with E-state index in [1.54, 1.807) is 0 Å². The van der Waals surface area contributed by atoms with E-state index in [1.807, 2.05) is 98.8 Å². The normalized spacial score (nSPS) is 11.0. The number of carbonyl (C=O) groups is 1. The van der Waals surface area contributed by atoms with Crippen LogP contribution in [0.1, 0.15) is 37.8 Å². The van der Waals surface area contributed by atoms with Gasteiger partial charge in [-0.2, -0.15) is 0 Å². The first-order valence-electron chi connectivity index (χ1n) is 10.3. The summed E-state index contributed by atoms with van der Waals surface area (Å²) < 4.78 is 17.5. The highest BCUT2D eigenvalue weighted by Crippen LogP contribution is 2.28. The van der Waals surface area contributed by atoms with Crippen molar-refractivity contribution in [3.05, 3.63) is 96.1 Å². The molecule has 0 aliphatic rings. The summed E-state index contributed by atoms with van der Waals surface area (Å²) in [7, 11) is 0. The van der Waals surface area contributed by atoms with Gasteiger partial charge < -0.3 is 14.2 Å². The van der Waals surface area contributed by atoms with Gasteiger partial charge in [-0.3, -0.25) is 0 Å². The quantitative estimate of drug-likeness (QED) is 0.392. The summed E-state index contributed by atoms with van der Waals surface area (Å²) in [6.45, 7) is 4.60. The van der Waals surface area contributed by atoms with Crippen LogP contribution in [0.4, 0.5) is 0 Å². The molecule has 0 unspecified atom stereocenters. The molecule has 0 saturated carbocycles. The lowest BCUT2D eigenvalue weighted by Crippen LogP contribution is -2.44. The van der Waals surface area contributed by atoms with Crippen molar-refractivity contribution in [1.82, 2.24) is 0 Å². The molecule has 0 amide bonds. The summed E-state index contributed by atoms with van der Waals surface area (Å²) in [5.74, 6) is 1.01. The predicted octanol–water partition coefficient (Wildman–Crippen LogP) is 5.95. The molecular formula is C26H28O4. The van der Waals surface area contributed by atoms with E-state index in [4.69, 9.17) is 14.2 Å². The van der Waals surface area contributed by atoms with Crippen LogP contribution in [0.25, 0.3) is 0 Å². The average molecular weight is 405 g/mol. The molecule has 30 heavy (non-hydrogen) atoms. The van der Waals surface area contributed by atoms with Crippen molar-refractivity contribution >= 4 is 5.97 Å². The summed E-state index contributed by atoms with van der Waals surface area (Å²) in [6.07, 6.45) is 1.03. The van der Waals surface area contributed by atoms with Crippen molar-refractivity contribution in [3.63, 3.8) is 0 Å². The van der Waals surface area contributed by atoms with E-state index in [-0.39, 0.29) is 12.6 Å². The number of ether oxygens (including phenoxy) is 3. The van der Waals surface area contributed by atoms with Gasteiger partial charge in [0, 0.05) is 0 Å². The molecule has 0 atom stereocenters. The van der Waals surface area contributed by atoms with Crippen molar-refractivity contribution in [2.75, 3.05) is 0 Å². The van der Waals surface area contributed by atoms with Gasteiger partial charge in [-0.05, 0) is 48.2 Å². The standard InChI is InChI=1S/C26H28O4/c1-3-26(4-2,25(27)29-20-22-13-9-6-10-14-22)30-24-17-15-23(16-18-24)28-19-21-11-7-5-8-12-21/h5-18H,3-4,19-20H2,1-2H3. The van der Waals surface area contributed by atoms with E-state index < -0.39 is 5.60 Å². The van der Waals surface area contributed by atoms with Gasteiger partial charge in [-0.15, -0.1) is 0 Å². The molecule has 0 spiro atoms. The van der Waals surface area contributed by atoms with Gasteiger partial charge in [-0.1, -0.05) is 74.5 Å². The fourth-order valence-electron chi connectivity index (χ4n) is 3.15. The maximum atomic E-state index is 12.9. The zero-order chi connectivity index (χ0) is 21.2. The van der Waals surface area contributed by atoms with E-state index in [1.165, 1.54) is 0 Å². The van der Waals surface area contributed by atoms with Crippen LogP contribution < -0.4 is 9.47 Å². The number of esters is 1. The lowest BCUT2D eigenvalue weighted by atomic mass is 9.97. The van der Waals surface area contributed by atoms with E-state index in [2.05, 4.69) is 0 Å². The molecule has 3 aromatic carbocycles. The fraction of sp³-hybridized carbons (Fsp3) is 0.269. The van der Waals surface area contributed by atoms with Gasteiger partial charge in [0.2, 0.25) is 5.60 Å². The molecular weight excluding hydrogens is 376 g/mol. The Hall–Kier alpha value is -3.27. The van der Waals surface area contributed by atoms with Gasteiger partial charge in [0.15, 0.2) is 0 Å². The second-order valence-corrected chi connectivity index (χ2v) is 7.11. The molecule has 0 fully saturated rings. The largest absolute Gasteiger partial charge is 0.489 e. The molecule has 0 aliphatic heterocycles. The Kier molecular flexibility index (Phi) is 7.50. The Bertz CT molecular complexity index is 901. The minimum Gasteiger partial charge on any atom is -0.489 e. The van der Waals surface area contributed by atoms with Crippen LogP contribution in [0.15, 0.2) is 84.9 Å². The molecule has 0 radical (unpaired) electrons. The summed E-state index contributed by atoms with van der Waals surface area (Å²) in [5, 5.41) is 0. The average Bonchev–Trinajstić information content (AvgIpc) is 2.82. The van der Waals surface area contributed by atoms with Crippen LogP contribution in [0.3, 0.4) is 0 Å². The van der Waals surface area contributed by atoms with Gasteiger partial charge in [-0.25, -0.2) is 4.79 Å². The summed E-state index contributed by atoms with van der Waals surface area (Å²) in [4.78, 5) is 12.9. The van der Waals surface area contributed by atoms with Crippen LogP contribution in [-0.4, -0.2) is 11.6 Å². The Labute approximate surface area is 178 Å². The van der Waals surface area contributed by atoms with Gasteiger partial charge in [0.1, 0.15) is 24.7 Å². The molecule has 3 aromatic rings. The smallest absolute Gasteiger partial charge is 0.350 e. The molecule has 4 nitrogen and oxygen atoms in total. The molecule has 0 bridgehead atoms. The number of carbonyl (C=O) groups excluding carboxylic acids is 1. The minimum atomic E-state index is -1.01. The second-order valence-electron chi connectivity index (χ2n) is 7.11. The number of hydrogen-bond donors (Lipinski definition) is 0. The van der Waals surface area contributed by atoms with Crippen LogP contribution in [0.5, 0.6) is 11.5 Å². The molecule has 3 rings (SSSR count). The highest BCUT2D eigenvalue weighted by atomic mass is 16.6. The molecule has 4 heteroatoms. The molecule has 156 valence electrons. The van der Waals surface area contributed by atoms with Crippen molar-refractivity contribution in [3.8, 4) is 11.5 Å². The van der Waals surface area contributed by atoms with Crippen LogP contribution in [-0.2, 0) is 22.7 Å². The zero-order valence-electron chi connectivity index (χ0n) is 17.5. The van der Waals surface area contributed by atoms with Crippen LogP contribution in [0.2, 0.25) is 0 Å². The summed E-state index contributed by atoms with van der Waals surface area (Å²) >= 11 is 0. The maximum absolute atomic E-state index is 12.9. The molecule has 0 N–H and O–H groups in total. The second kappa shape index (κ2) is 10.5. The Morgan fingerprint density at radius 2 is 1.20 bits per heavy atom. The van der Waals surface area contributed by atoms with E-state index in [0.29, 0.717) is 25.2 Å². The van der Waals surface area contributed by atoms with Gasteiger partial charge >= 0.3 is 5.97 Å². The summed E-state index contributed by atoms with van der Waals surface area (Å²) in [5.41, 5.74) is 1.04. The lowest BCUT2D eigenvalue weighted by molar-refractivity contribution is -0.164. The Morgan fingerprint density at radius 3 is 1.73 bits per heavy atom. The van der Waals surface area contributed by atoms with E-state index in [9.17, 15) is 4.79 Å². The van der Waals surface area contributed by atoms with Crippen molar-refractivity contribution in [2.45, 2.75) is 45.5 Å². The monoisotopic (exact) mass is 404 g/mol. The molecule has 0 aliphatic carbocycles. The minimum absolute atomic E-state index is 0.233. The molecule has 0 aromatic heterocycles. The van der Waals surface area contributed by atoms with Gasteiger partial charge in [0.05, 0.1) is 0 Å². The third kappa shape index (κ3) is 5.63. The number of benzene rings is 3. The first-order chi connectivity index (χ1) is 14.6. The predicted molar refractivity (Wildman–Crippen MR) is 117 cm³/mol. The number of hydrogen-bond acceptors (Lipinski definition) is 4. The number of rotatable bonds is 10. The SMILES string of the molecule is CCC(CC)(Oc1ccc(OCc2ccccc2)cc1)C(=O)OCc1ccccc1. The third-order valence-electron chi connectivity index (χ3n) is 5.11. The first-order valence-corrected chi connectivity index (χ1v) is 10.3. The van der Waals surface area contributed by atoms with Crippen LogP contribution in [0, 0.1) is 0 Å². The fourth-order valence-corrected chi connectivity index (χ4v) is 3.15. The topological polar surface area (TPSA) is 44.8 Å². The Balaban J connectivity index is 1.61. The van der Waals surface area contributed by atoms with Crippen molar-refractivity contribution < 1.29 is 19.0 Å². The Morgan fingerprint density at radius 1 is 0.700 bits per heavy atom. The summed E-state index contributed by atoms with van der Waals surface area (Å²) in [6, 6.07) is 27.0. The van der Waals surface area contributed by atoms with Gasteiger partial charge in [0.25, 0.3) is 0 Å². The maximum Gasteiger partial charge on any atom is 0.350 e. The zero-order valence-corrected chi connectivity index (χ0v) is 17.5.